The Balaban J connectivity index is 1.42. The van der Waals surface area contributed by atoms with Crippen molar-refractivity contribution in [3.05, 3.63) is 83.9 Å². The van der Waals surface area contributed by atoms with Gasteiger partial charge in [0.15, 0.2) is 17.3 Å². The molecule has 0 atom stereocenters. The molecule has 174 valence electrons. The molecule has 0 aliphatic carbocycles. The fourth-order valence-corrected chi connectivity index (χ4v) is 4.17. The summed E-state index contributed by atoms with van der Waals surface area (Å²) in [6, 6.07) is 8.01. The van der Waals surface area contributed by atoms with Gasteiger partial charge in [-0.25, -0.2) is 9.97 Å². The lowest BCUT2D eigenvalue weighted by Gasteiger charge is -2.05. The van der Waals surface area contributed by atoms with Gasteiger partial charge in [-0.1, -0.05) is 13.0 Å². The van der Waals surface area contributed by atoms with E-state index in [2.05, 4.69) is 43.8 Å². The second kappa shape index (κ2) is 8.69. The van der Waals surface area contributed by atoms with Crippen molar-refractivity contribution < 1.29 is 4.42 Å². The Labute approximate surface area is 201 Å². The van der Waals surface area contributed by atoms with Gasteiger partial charge < -0.3 is 20.0 Å². The highest BCUT2D eigenvalue weighted by Crippen LogP contribution is 2.35. The van der Waals surface area contributed by atoms with E-state index in [4.69, 9.17) is 14.4 Å². The van der Waals surface area contributed by atoms with Crippen LogP contribution in [0.4, 0.5) is 5.82 Å². The number of nitrogens with one attached hydrogen (secondary N) is 4. The maximum atomic E-state index is 5.32. The monoisotopic (exact) mass is 464 g/mol. The van der Waals surface area contributed by atoms with Crippen LogP contribution >= 0.6 is 0 Å². The van der Waals surface area contributed by atoms with Crippen molar-refractivity contribution in [3.8, 4) is 22.8 Å². The Hall–Kier alpha value is -4.50. The number of imidazole rings is 1. The van der Waals surface area contributed by atoms with Gasteiger partial charge in [-0.3, -0.25) is 10.1 Å². The van der Waals surface area contributed by atoms with Crippen molar-refractivity contribution in [3.63, 3.8) is 0 Å². The van der Waals surface area contributed by atoms with E-state index in [9.17, 15) is 0 Å². The van der Waals surface area contributed by atoms with Gasteiger partial charge in [0.25, 0.3) is 0 Å². The predicted molar refractivity (Wildman–Crippen MR) is 135 cm³/mol. The Bertz CT molecular complexity index is 1570. The van der Waals surface area contributed by atoms with E-state index >= 15 is 0 Å². The number of allylic oxidation sites excluding steroid dienone is 3. The Morgan fingerprint density at radius 1 is 1.06 bits per heavy atom. The number of anilines is 1. The van der Waals surface area contributed by atoms with Crippen LogP contribution in [0.3, 0.4) is 0 Å². The van der Waals surface area contributed by atoms with Crippen LogP contribution in [0, 0.1) is 0 Å². The molecule has 0 bridgehead atoms. The molecule has 6 rings (SSSR count). The highest BCUT2D eigenvalue weighted by molar-refractivity contribution is 5.92. The zero-order valence-electron chi connectivity index (χ0n) is 19.4. The van der Waals surface area contributed by atoms with Gasteiger partial charge >= 0.3 is 0 Å². The molecule has 9 nitrogen and oxygen atoms in total. The summed E-state index contributed by atoms with van der Waals surface area (Å²) in [6.07, 6.45) is 11.2. The highest BCUT2D eigenvalue weighted by Gasteiger charge is 2.22. The van der Waals surface area contributed by atoms with Gasteiger partial charge in [-0.05, 0) is 49.4 Å². The minimum atomic E-state index is 0.626. The second-order valence-corrected chi connectivity index (χ2v) is 8.40. The molecule has 0 spiro atoms. The van der Waals surface area contributed by atoms with Gasteiger partial charge in [0.05, 0.1) is 29.4 Å². The molecule has 5 aromatic rings. The molecule has 0 saturated carbocycles. The molecular weight excluding hydrogens is 440 g/mol. The fraction of sp³-hybridized carbons (Fsp3) is 0.154. The van der Waals surface area contributed by atoms with Gasteiger partial charge in [0.2, 0.25) is 0 Å². The van der Waals surface area contributed by atoms with Crippen molar-refractivity contribution in [2.75, 3.05) is 11.9 Å². The zero-order valence-corrected chi connectivity index (χ0v) is 19.4. The average molecular weight is 465 g/mol. The first kappa shape index (κ1) is 21.1. The van der Waals surface area contributed by atoms with Crippen molar-refractivity contribution in [1.82, 2.24) is 35.5 Å². The summed E-state index contributed by atoms with van der Waals surface area (Å²) < 4.78 is 5.32. The number of aromatic nitrogens is 6. The highest BCUT2D eigenvalue weighted by atomic mass is 16.3. The van der Waals surface area contributed by atoms with Crippen LogP contribution in [-0.2, 0) is 6.54 Å². The summed E-state index contributed by atoms with van der Waals surface area (Å²) in [7, 11) is 0. The van der Waals surface area contributed by atoms with Crippen LogP contribution in [-0.4, -0.2) is 36.7 Å². The van der Waals surface area contributed by atoms with Crippen LogP contribution < -0.4 is 10.6 Å². The van der Waals surface area contributed by atoms with E-state index in [0.29, 0.717) is 11.5 Å². The van der Waals surface area contributed by atoms with Crippen LogP contribution in [0.1, 0.15) is 30.7 Å². The first-order chi connectivity index (χ1) is 17.2. The van der Waals surface area contributed by atoms with E-state index in [0.717, 1.165) is 69.3 Å². The summed E-state index contributed by atoms with van der Waals surface area (Å²) in [5.41, 5.74) is 8.92. The van der Waals surface area contributed by atoms with Crippen molar-refractivity contribution >= 4 is 22.4 Å². The van der Waals surface area contributed by atoms with Crippen LogP contribution in [0.25, 0.3) is 39.4 Å². The minimum absolute atomic E-state index is 0.626. The standard InChI is InChI=1S/C26H24N8O/c1-3-27-11-16-10-18(13-28-12-16)20-6-7-21-23(30-20)24(34-33-21)26-31-22-19(17-8-9-35-14-17)5-4-15(2)29-25(22)32-26/h4-10,12-14,27,29H,3,11H2,1-2H3,(H,31,32)(H,33,34). The molecule has 0 radical (unpaired) electrons. The number of hydrogen-bond donors (Lipinski definition) is 4. The number of H-pyrrole nitrogens is 2. The summed E-state index contributed by atoms with van der Waals surface area (Å²) in [5, 5.41) is 14.3. The SMILES string of the molecule is CCNCc1cncc(-c2ccc3[nH]nc(-c4nc5c([nH]4)C(c4ccoc4)=CC=C(C)N5)c3n2)c1. The zero-order chi connectivity index (χ0) is 23.8. The first-order valence-corrected chi connectivity index (χ1v) is 11.5. The molecule has 35 heavy (non-hydrogen) atoms. The predicted octanol–water partition coefficient (Wildman–Crippen LogP) is 4.87. The number of fused-ring (bicyclic) bond motifs is 2. The third-order valence-corrected chi connectivity index (χ3v) is 5.92. The maximum absolute atomic E-state index is 5.32. The molecule has 0 amide bonds. The third kappa shape index (κ3) is 3.91. The smallest absolute Gasteiger partial charge is 0.163 e. The average Bonchev–Trinajstić information content (AvgIpc) is 3.62. The largest absolute Gasteiger partial charge is 0.472 e. The van der Waals surface area contributed by atoms with E-state index in [1.807, 2.05) is 49.7 Å². The van der Waals surface area contributed by atoms with Gasteiger partial charge in [-0.15, -0.1) is 0 Å². The lowest BCUT2D eigenvalue weighted by molar-refractivity contribution is 0.566. The summed E-state index contributed by atoms with van der Waals surface area (Å²) in [4.78, 5) is 17.6. The number of furan rings is 1. The Morgan fingerprint density at radius 3 is 2.86 bits per heavy atom. The minimum Gasteiger partial charge on any atom is -0.472 e. The topological polar surface area (TPSA) is 120 Å². The number of hydrogen-bond acceptors (Lipinski definition) is 7. The van der Waals surface area contributed by atoms with Gasteiger partial charge in [0.1, 0.15) is 5.52 Å². The van der Waals surface area contributed by atoms with Crippen LogP contribution in [0.5, 0.6) is 0 Å². The maximum Gasteiger partial charge on any atom is 0.163 e. The molecule has 0 fully saturated rings. The van der Waals surface area contributed by atoms with Crippen molar-refractivity contribution in [2.24, 2.45) is 0 Å². The van der Waals surface area contributed by atoms with Crippen molar-refractivity contribution in [2.45, 2.75) is 20.4 Å². The van der Waals surface area contributed by atoms with E-state index in [1.54, 1.807) is 12.5 Å². The Kier molecular flexibility index (Phi) is 5.23. The number of nitrogens with zero attached hydrogens (tertiary/aromatic N) is 4. The van der Waals surface area contributed by atoms with Crippen LogP contribution in [0.2, 0.25) is 0 Å². The van der Waals surface area contributed by atoms with E-state index < -0.39 is 0 Å². The molecule has 4 N–H and O–H groups in total. The number of rotatable bonds is 6. The second-order valence-electron chi connectivity index (χ2n) is 8.40. The quantitative estimate of drug-likeness (QED) is 0.283. The Morgan fingerprint density at radius 2 is 2.00 bits per heavy atom. The number of pyridine rings is 2. The lowest BCUT2D eigenvalue weighted by atomic mass is 10.1. The summed E-state index contributed by atoms with van der Waals surface area (Å²) in [5.74, 6) is 1.35. The van der Waals surface area contributed by atoms with Crippen molar-refractivity contribution in [1.29, 1.82) is 0 Å². The molecule has 0 saturated heterocycles. The van der Waals surface area contributed by atoms with Gasteiger partial charge in [-0.2, -0.15) is 5.10 Å². The lowest BCUT2D eigenvalue weighted by Crippen LogP contribution is -2.11. The fourth-order valence-electron chi connectivity index (χ4n) is 4.17. The molecule has 1 aliphatic rings. The first-order valence-electron chi connectivity index (χ1n) is 11.5. The third-order valence-electron chi connectivity index (χ3n) is 5.92. The summed E-state index contributed by atoms with van der Waals surface area (Å²) >= 11 is 0. The molecule has 0 unspecified atom stereocenters. The normalized spacial score (nSPS) is 13.2. The molecule has 9 heteroatoms. The summed E-state index contributed by atoms with van der Waals surface area (Å²) in [6.45, 7) is 5.76. The number of aromatic amines is 2. The van der Waals surface area contributed by atoms with Gasteiger partial charge in [0, 0.05) is 41.3 Å². The molecule has 5 aromatic heterocycles. The van der Waals surface area contributed by atoms with Crippen LogP contribution in [0.15, 0.2) is 71.5 Å². The molecule has 6 heterocycles. The molecule has 1 aliphatic heterocycles. The molecule has 0 aromatic carbocycles. The van der Waals surface area contributed by atoms with E-state index in [-0.39, 0.29) is 0 Å². The molecular formula is C26H24N8O. The van der Waals surface area contributed by atoms with E-state index in [1.165, 1.54) is 0 Å².